The standard InChI is InChI=1S/C19H28N2O4S/c1-26(23,24)15-19(8-9-19)14-20-18(22)21-10-7-17(11-21)13-25-12-16-5-3-2-4-6-16/h2-6,17H,7-15H2,1H3,(H,20,22). The number of urea groups is 1. The van der Waals surface area contributed by atoms with Gasteiger partial charge in [-0.05, 0) is 24.8 Å². The molecule has 26 heavy (non-hydrogen) atoms. The average Bonchev–Trinajstić information content (AvgIpc) is 3.16. The number of sulfone groups is 1. The van der Waals surface area contributed by atoms with Crippen LogP contribution in [0.25, 0.3) is 0 Å². The van der Waals surface area contributed by atoms with E-state index in [9.17, 15) is 13.2 Å². The summed E-state index contributed by atoms with van der Waals surface area (Å²) < 4.78 is 28.8. The molecule has 6 nitrogen and oxygen atoms in total. The molecule has 2 fully saturated rings. The third-order valence-electron chi connectivity index (χ3n) is 5.18. The molecule has 1 aromatic rings. The predicted octanol–water partition coefficient (Wildman–Crippen LogP) is 2.06. The van der Waals surface area contributed by atoms with Gasteiger partial charge in [-0.15, -0.1) is 0 Å². The minimum Gasteiger partial charge on any atom is -0.376 e. The summed E-state index contributed by atoms with van der Waals surface area (Å²) in [6.45, 7) is 3.11. The Morgan fingerprint density at radius 3 is 2.69 bits per heavy atom. The number of amides is 2. The van der Waals surface area contributed by atoms with Crippen molar-refractivity contribution < 1.29 is 17.9 Å². The van der Waals surface area contributed by atoms with Crippen molar-refractivity contribution in [3.63, 3.8) is 0 Å². The second-order valence-electron chi connectivity index (χ2n) is 7.83. The molecule has 3 rings (SSSR count). The lowest BCUT2D eigenvalue weighted by Gasteiger charge is -2.20. The average molecular weight is 381 g/mol. The van der Waals surface area contributed by atoms with Gasteiger partial charge in [0.05, 0.1) is 19.0 Å². The topological polar surface area (TPSA) is 75.7 Å². The Labute approximate surface area is 155 Å². The molecular weight excluding hydrogens is 352 g/mol. The van der Waals surface area contributed by atoms with Gasteiger partial charge in [0.25, 0.3) is 0 Å². The van der Waals surface area contributed by atoms with Crippen LogP contribution < -0.4 is 5.32 Å². The van der Waals surface area contributed by atoms with Gasteiger partial charge in [0.1, 0.15) is 9.84 Å². The molecule has 0 aromatic heterocycles. The normalized spacial score (nSPS) is 21.6. The van der Waals surface area contributed by atoms with Crippen LogP contribution in [0.3, 0.4) is 0 Å². The number of rotatable bonds is 8. The van der Waals surface area contributed by atoms with E-state index in [1.807, 2.05) is 35.2 Å². The van der Waals surface area contributed by atoms with Crippen molar-refractivity contribution >= 4 is 15.9 Å². The van der Waals surface area contributed by atoms with Gasteiger partial charge in [-0.25, -0.2) is 13.2 Å². The minimum atomic E-state index is -3.01. The van der Waals surface area contributed by atoms with Crippen LogP contribution in [0.1, 0.15) is 24.8 Å². The molecule has 7 heteroatoms. The molecule has 1 aliphatic carbocycles. The maximum Gasteiger partial charge on any atom is 0.317 e. The summed E-state index contributed by atoms with van der Waals surface area (Å²) in [6.07, 6.45) is 3.94. The highest BCUT2D eigenvalue weighted by Gasteiger charge is 2.45. The lowest BCUT2D eigenvalue weighted by Crippen LogP contribution is -2.42. The van der Waals surface area contributed by atoms with Crippen molar-refractivity contribution in [3.8, 4) is 0 Å². The number of nitrogens with zero attached hydrogens (tertiary/aromatic N) is 1. The molecule has 2 aliphatic rings. The smallest absolute Gasteiger partial charge is 0.317 e. The van der Waals surface area contributed by atoms with Crippen molar-refractivity contribution in [3.05, 3.63) is 35.9 Å². The molecule has 0 spiro atoms. The van der Waals surface area contributed by atoms with Gasteiger partial charge in [-0.1, -0.05) is 30.3 Å². The third kappa shape index (κ3) is 5.71. The first-order chi connectivity index (χ1) is 12.4. The van der Waals surface area contributed by atoms with Crippen LogP contribution in [0.2, 0.25) is 0 Å². The lowest BCUT2D eigenvalue weighted by molar-refractivity contribution is 0.0897. The van der Waals surface area contributed by atoms with E-state index in [1.165, 1.54) is 6.26 Å². The summed E-state index contributed by atoms with van der Waals surface area (Å²) in [5.74, 6) is 0.520. The van der Waals surface area contributed by atoms with Gasteiger partial charge in [0.2, 0.25) is 0 Å². The molecule has 1 atom stereocenters. The van der Waals surface area contributed by atoms with E-state index >= 15 is 0 Å². The highest BCUT2D eigenvalue weighted by atomic mass is 32.2. The molecule has 1 saturated heterocycles. The van der Waals surface area contributed by atoms with Crippen LogP contribution in [-0.2, 0) is 21.2 Å². The Kier molecular flexibility index (Phi) is 5.87. The molecule has 1 aliphatic heterocycles. The number of likely N-dealkylation sites (tertiary alicyclic amines) is 1. The Hall–Kier alpha value is -1.60. The van der Waals surface area contributed by atoms with Crippen molar-refractivity contribution in [2.75, 3.05) is 38.2 Å². The second kappa shape index (κ2) is 7.96. The second-order valence-corrected chi connectivity index (χ2v) is 9.97. The molecule has 1 unspecified atom stereocenters. The largest absolute Gasteiger partial charge is 0.376 e. The molecule has 144 valence electrons. The Bertz CT molecular complexity index is 716. The summed E-state index contributed by atoms with van der Waals surface area (Å²) >= 11 is 0. The van der Waals surface area contributed by atoms with Gasteiger partial charge in [-0.2, -0.15) is 0 Å². The first kappa shape index (κ1) is 19.2. The molecule has 0 bridgehead atoms. The lowest BCUT2D eigenvalue weighted by atomic mass is 10.1. The minimum absolute atomic E-state index is 0.0877. The molecule has 1 saturated carbocycles. The van der Waals surface area contributed by atoms with Crippen LogP contribution in [-0.4, -0.2) is 57.6 Å². The Morgan fingerprint density at radius 1 is 1.31 bits per heavy atom. The van der Waals surface area contributed by atoms with Crippen molar-refractivity contribution in [2.24, 2.45) is 11.3 Å². The zero-order chi connectivity index (χ0) is 18.6. The van der Waals surface area contributed by atoms with E-state index in [2.05, 4.69) is 5.32 Å². The van der Waals surface area contributed by atoms with E-state index in [4.69, 9.17) is 4.74 Å². The molecule has 1 N–H and O–H groups in total. The number of hydrogen-bond donors (Lipinski definition) is 1. The van der Waals surface area contributed by atoms with Crippen molar-refractivity contribution in [2.45, 2.75) is 25.9 Å². The van der Waals surface area contributed by atoms with E-state index in [1.54, 1.807) is 0 Å². The van der Waals surface area contributed by atoms with Gasteiger partial charge in [0.15, 0.2) is 0 Å². The number of benzene rings is 1. The fourth-order valence-corrected chi connectivity index (χ4v) is 5.05. The summed E-state index contributed by atoms with van der Waals surface area (Å²) in [5, 5.41) is 2.93. The molecule has 2 amide bonds. The van der Waals surface area contributed by atoms with Crippen LogP contribution in [0.5, 0.6) is 0 Å². The van der Waals surface area contributed by atoms with Crippen molar-refractivity contribution in [1.82, 2.24) is 10.2 Å². The monoisotopic (exact) mass is 380 g/mol. The van der Waals surface area contributed by atoms with E-state index in [0.29, 0.717) is 32.2 Å². The highest BCUT2D eigenvalue weighted by molar-refractivity contribution is 7.90. The van der Waals surface area contributed by atoms with Crippen LogP contribution in [0.15, 0.2) is 30.3 Å². The maximum absolute atomic E-state index is 12.4. The fourth-order valence-electron chi connectivity index (χ4n) is 3.55. The third-order valence-corrected chi connectivity index (χ3v) is 6.32. The Balaban J connectivity index is 1.36. The van der Waals surface area contributed by atoms with Crippen LogP contribution in [0, 0.1) is 11.3 Å². The molecular formula is C19H28N2O4S. The Morgan fingerprint density at radius 2 is 2.04 bits per heavy atom. The SMILES string of the molecule is CS(=O)(=O)CC1(CNC(=O)N2CCC(COCc3ccccc3)C2)CC1. The van der Waals surface area contributed by atoms with Gasteiger partial charge in [0, 0.05) is 37.2 Å². The maximum atomic E-state index is 12.4. The zero-order valence-electron chi connectivity index (χ0n) is 15.3. The number of ether oxygens (including phenoxy) is 1. The van der Waals surface area contributed by atoms with Gasteiger partial charge in [-0.3, -0.25) is 0 Å². The summed E-state index contributed by atoms with van der Waals surface area (Å²) in [4.78, 5) is 14.2. The van der Waals surface area contributed by atoms with E-state index in [-0.39, 0.29) is 17.2 Å². The van der Waals surface area contributed by atoms with Crippen molar-refractivity contribution in [1.29, 1.82) is 0 Å². The molecule has 0 radical (unpaired) electrons. The van der Waals surface area contributed by atoms with Gasteiger partial charge >= 0.3 is 6.03 Å². The number of nitrogens with one attached hydrogen (secondary N) is 1. The number of hydrogen-bond acceptors (Lipinski definition) is 4. The number of carbonyl (C=O) groups excluding carboxylic acids is 1. The highest BCUT2D eigenvalue weighted by Crippen LogP contribution is 2.46. The summed E-state index contributed by atoms with van der Waals surface area (Å²) in [7, 11) is -3.01. The van der Waals surface area contributed by atoms with Crippen LogP contribution >= 0.6 is 0 Å². The van der Waals surface area contributed by atoms with E-state index in [0.717, 1.165) is 31.4 Å². The first-order valence-electron chi connectivity index (χ1n) is 9.17. The quantitative estimate of drug-likeness (QED) is 0.749. The van der Waals surface area contributed by atoms with E-state index < -0.39 is 9.84 Å². The summed E-state index contributed by atoms with van der Waals surface area (Å²) in [6, 6.07) is 9.97. The predicted molar refractivity (Wildman–Crippen MR) is 101 cm³/mol. The first-order valence-corrected chi connectivity index (χ1v) is 11.2. The van der Waals surface area contributed by atoms with Crippen LogP contribution in [0.4, 0.5) is 4.79 Å². The fraction of sp³-hybridized carbons (Fsp3) is 0.632. The summed E-state index contributed by atoms with van der Waals surface area (Å²) in [5.41, 5.74) is 0.918. The molecule has 1 heterocycles. The molecule has 1 aromatic carbocycles. The zero-order valence-corrected chi connectivity index (χ0v) is 16.1. The van der Waals surface area contributed by atoms with Gasteiger partial charge < -0.3 is 15.0 Å². The number of carbonyl (C=O) groups is 1.